The van der Waals surface area contributed by atoms with Gasteiger partial charge in [-0.1, -0.05) is 218 Å². The minimum Gasteiger partial charge on any atom is -0.208 e. The number of nitrogens with zero attached hydrogens (tertiary/aromatic N) is 3. The third kappa shape index (κ3) is 6.21. The van der Waals surface area contributed by atoms with Crippen molar-refractivity contribution in [3.05, 3.63) is 224 Å². The monoisotopic (exact) mass is 768 g/mol. The smallest absolute Gasteiger partial charge is 0.164 e. The molecule has 0 atom stereocenters. The highest BCUT2D eigenvalue weighted by Gasteiger charge is 2.21. The van der Waals surface area contributed by atoms with Gasteiger partial charge < -0.3 is 0 Å². The van der Waals surface area contributed by atoms with Gasteiger partial charge in [-0.25, -0.2) is 15.0 Å². The van der Waals surface area contributed by atoms with E-state index in [1.54, 1.807) is 0 Å². The van der Waals surface area contributed by atoms with Crippen molar-refractivity contribution < 1.29 is 6.85 Å². The molecule has 0 unspecified atom stereocenters. The number of aromatic nitrogens is 3. The van der Waals surface area contributed by atoms with Crippen molar-refractivity contribution in [1.82, 2.24) is 15.0 Å². The minimum atomic E-state index is -0.404. The highest BCUT2D eigenvalue weighted by Crippen LogP contribution is 2.46. The van der Waals surface area contributed by atoms with Crippen LogP contribution < -0.4 is 0 Å². The zero-order chi connectivity index (χ0) is 44.2. The Balaban J connectivity index is 1.10. The molecule has 0 spiro atoms. The summed E-state index contributed by atoms with van der Waals surface area (Å²) in [5.74, 6) is 1.77. The molecule has 60 heavy (non-hydrogen) atoms. The van der Waals surface area contributed by atoms with E-state index in [0.29, 0.717) is 23.0 Å². The van der Waals surface area contributed by atoms with Crippen LogP contribution in [0.3, 0.4) is 0 Å². The van der Waals surface area contributed by atoms with Gasteiger partial charge in [0.15, 0.2) is 17.5 Å². The van der Waals surface area contributed by atoms with E-state index in [1.165, 1.54) is 0 Å². The standard InChI is InChI=1S/C57H37N3/c1-4-18-38(19-5-1)39-32-34-41(35-33-39)53-46-27-13-15-29-48(46)54(49-30-16-14-28-47(49)53)50-36-37-52(45-26-12-11-25-44(45)50)57-59-55(42-22-8-3-9-23-42)58-56(60-57)51-31-17-10-24-43(51)40-20-6-2-7-21-40/h1-37H/i1D,4D,5D,18D,19D. The van der Waals surface area contributed by atoms with Crippen LogP contribution in [-0.4, -0.2) is 15.0 Å². The third-order valence-electron chi connectivity index (χ3n) is 11.2. The molecule has 3 nitrogen and oxygen atoms in total. The van der Waals surface area contributed by atoms with Crippen LogP contribution in [0.5, 0.6) is 0 Å². The molecular weight excluding hydrogens is 727 g/mol. The first-order valence-corrected chi connectivity index (χ1v) is 20.0. The zero-order valence-corrected chi connectivity index (χ0v) is 32.3. The van der Waals surface area contributed by atoms with E-state index in [1.807, 2.05) is 84.9 Å². The van der Waals surface area contributed by atoms with E-state index in [0.717, 1.165) is 82.4 Å². The molecule has 3 heteroatoms. The molecular formula is C57H37N3. The summed E-state index contributed by atoms with van der Waals surface area (Å²) in [6, 6.07) is 64.5. The predicted molar refractivity (Wildman–Crippen MR) is 250 cm³/mol. The van der Waals surface area contributed by atoms with Crippen LogP contribution in [0.4, 0.5) is 0 Å². The predicted octanol–water partition coefficient (Wildman–Crippen LogP) is 15.0. The minimum absolute atomic E-state index is 0.185. The lowest BCUT2D eigenvalue weighted by atomic mass is 9.84. The molecule has 0 saturated heterocycles. The number of hydrogen-bond acceptors (Lipinski definition) is 3. The molecule has 0 aliphatic heterocycles. The van der Waals surface area contributed by atoms with Gasteiger partial charge in [-0.3, -0.25) is 0 Å². The first-order valence-electron chi connectivity index (χ1n) is 22.5. The summed E-state index contributed by atoms with van der Waals surface area (Å²) >= 11 is 0. The van der Waals surface area contributed by atoms with Crippen molar-refractivity contribution in [3.8, 4) is 78.7 Å². The summed E-state index contributed by atoms with van der Waals surface area (Å²) in [6.07, 6.45) is 0. The Morgan fingerprint density at radius 3 is 1.30 bits per heavy atom. The molecule has 0 N–H and O–H groups in total. The molecule has 1 heterocycles. The lowest BCUT2D eigenvalue weighted by Crippen LogP contribution is -2.01. The Kier molecular flexibility index (Phi) is 7.56. The van der Waals surface area contributed by atoms with Crippen LogP contribution >= 0.6 is 0 Å². The molecule has 10 aromatic carbocycles. The number of rotatable bonds is 7. The van der Waals surface area contributed by atoms with Gasteiger partial charge in [0.1, 0.15) is 0 Å². The van der Waals surface area contributed by atoms with E-state index in [2.05, 4.69) is 109 Å². The van der Waals surface area contributed by atoms with Crippen LogP contribution in [-0.2, 0) is 0 Å². The van der Waals surface area contributed by atoms with Crippen molar-refractivity contribution in [3.63, 3.8) is 0 Å². The van der Waals surface area contributed by atoms with E-state index >= 15 is 0 Å². The summed E-state index contributed by atoms with van der Waals surface area (Å²) in [5.41, 5.74) is 9.77. The molecule has 0 saturated carbocycles. The van der Waals surface area contributed by atoms with E-state index in [9.17, 15) is 0 Å². The fraction of sp³-hybridized carbons (Fsp3) is 0. The number of hydrogen-bond donors (Lipinski definition) is 0. The van der Waals surface area contributed by atoms with Crippen LogP contribution in [0.2, 0.25) is 0 Å². The lowest BCUT2D eigenvalue weighted by Gasteiger charge is -2.20. The molecule has 0 aliphatic carbocycles. The fourth-order valence-electron chi connectivity index (χ4n) is 8.52. The maximum Gasteiger partial charge on any atom is 0.164 e. The Bertz CT molecular complexity index is 3570. The van der Waals surface area contributed by atoms with Crippen molar-refractivity contribution in [2.75, 3.05) is 0 Å². The molecule has 0 aliphatic rings. The molecule has 0 radical (unpaired) electrons. The molecule has 0 bridgehead atoms. The number of benzene rings is 10. The maximum atomic E-state index is 8.58. The third-order valence-corrected chi connectivity index (χ3v) is 11.2. The van der Waals surface area contributed by atoms with E-state index < -0.39 is 6.04 Å². The van der Waals surface area contributed by atoms with Gasteiger partial charge in [-0.15, -0.1) is 0 Å². The molecule has 11 rings (SSSR count). The summed E-state index contributed by atoms with van der Waals surface area (Å²) in [7, 11) is 0. The van der Waals surface area contributed by atoms with Crippen molar-refractivity contribution in [1.29, 1.82) is 0 Å². The van der Waals surface area contributed by atoms with Gasteiger partial charge in [-0.05, 0) is 82.9 Å². The Labute approximate surface area is 356 Å². The average molecular weight is 769 g/mol. The average Bonchev–Trinajstić information content (AvgIpc) is 3.37. The SMILES string of the molecule is [2H]c1c([2H])c([2H])c(-c2ccc(-c3c4ccccc4c(-c4ccc(-c5nc(-c6ccccc6)nc(-c6ccccc6-c6ccccc6)n5)c5ccccc45)c4ccccc34)cc2)c([2H])c1[2H]. The highest BCUT2D eigenvalue weighted by molar-refractivity contribution is 6.24. The second-order valence-corrected chi connectivity index (χ2v) is 14.7. The second-order valence-electron chi connectivity index (χ2n) is 14.7. The Morgan fingerprint density at radius 1 is 0.250 bits per heavy atom. The molecule has 0 fully saturated rings. The first kappa shape index (κ1) is 30.1. The van der Waals surface area contributed by atoms with Gasteiger partial charge >= 0.3 is 0 Å². The van der Waals surface area contributed by atoms with Crippen LogP contribution in [0.1, 0.15) is 6.85 Å². The highest BCUT2D eigenvalue weighted by atomic mass is 15.0. The fourth-order valence-corrected chi connectivity index (χ4v) is 8.52. The topological polar surface area (TPSA) is 38.7 Å². The molecule has 1 aromatic heterocycles. The Hall–Kier alpha value is -8.01. The van der Waals surface area contributed by atoms with E-state index in [-0.39, 0.29) is 29.7 Å². The van der Waals surface area contributed by atoms with Crippen molar-refractivity contribution in [2.24, 2.45) is 0 Å². The van der Waals surface area contributed by atoms with Crippen LogP contribution in [0.15, 0.2) is 224 Å². The first-order chi connectivity index (χ1) is 31.9. The lowest BCUT2D eigenvalue weighted by molar-refractivity contribution is 1.08. The molecule has 280 valence electrons. The summed E-state index contributed by atoms with van der Waals surface area (Å²) < 4.78 is 41.7. The van der Waals surface area contributed by atoms with Gasteiger partial charge in [0, 0.05) is 16.7 Å². The molecule has 0 amide bonds. The summed E-state index contributed by atoms with van der Waals surface area (Å²) in [4.78, 5) is 15.5. The number of fused-ring (bicyclic) bond motifs is 3. The van der Waals surface area contributed by atoms with E-state index in [4.69, 9.17) is 21.8 Å². The largest absolute Gasteiger partial charge is 0.208 e. The quantitative estimate of drug-likeness (QED) is 0.152. The second kappa shape index (κ2) is 15.1. The maximum absolute atomic E-state index is 8.58. The summed E-state index contributed by atoms with van der Waals surface area (Å²) in [5, 5.41) is 6.37. The van der Waals surface area contributed by atoms with Gasteiger partial charge in [0.2, 0.25) is 0 Å². The Morgan fingerprint density at radius 2 is 0.683 bits per heavy atom. The van der Waals surface area contributed by atoms with Crippen molar-refractivity contribution >= 4 is 32.3 Å². The molecule has 11 aromatic rings. The van der Waals surface area contributed by atoms with Gasteiger partial charge in [-0.2, -0.15) is 0 Å². The van der Waals surface area contributed by atoms with Gasteiger partial charge in [0.05, 0.1) is 6.85 Å². The normalized spacial score (nSPS) is 12.5. The zero-order valence-electron chi connectivity index (χ0n) is 37.3. The van der Waals surface area contributed by atoms with Crippen LogP contribution in [0, 0.1) is 0 Å². The van der Waals surface area contributed by atoms with Crippen LogP contribution in [0.25, 0.3) is 111 Å². The summed E-state index contributed by atoms with van der Waals surface area (Å²) in [6.45, 7) is 0. The van der Waals surface area contributed by atoms with Gasteiger partial charge in [0.25, 0.3) is 0 Å². The van der Waals surface area contributed by atoms with Crippen molar-refractivity contribution in [2.45, 2.75) is 0 Å².